The van der Waals surface area contributed by atoms with Gasteiger partial charge in [-0.05, 0) is 19.4 Å². The summed E-state index contributed by atoms with van der Waals surface area (Å²) in [6, 6.07) is 0.530. The number of rotatable bonds is 2. The smallest absolute Gasteiger partial charge is 0.0959 e. The first-order valence-electron chi connectivity index (χ1n) is 4.44. The fourth-order valence-corrected chi connectivity index (χ4v) is 1.58. The van der Waals surface area contributed by atoms with E-state index in [0.717, 1.165) is 32.5 Å². The molecular formula is C8H18N2O. The number of nitrogens with zero attached hydrogens (tertiary/aromatic N) is 1. The number of hydrogen-bond acceptors (Lipinski definition) is 3. The minimum absolute atomic E-state index is 0.209. The van der Waals surface area contributed by atoms with Crippen LogP contribution in [0.3, 0.4) is 0 Å². The lowest BCUT2D eigenvalue weighted by Gasteiger charge is -2.25. The van der Waals surface area contributed by atoms with E-state index in [0.29, 0.717) is 6.04 Å². The minimum atomic E-state index is 0.209. The van der Waals surface area contributed by atoms with Crippen molar-refractivity contribution in [2.75, 3.05) is 26.4 Å². The van der Waals surface area contributed by atoms with Crippen molar-refractivity contribution in [2.24, 2.45) is 0 Å². The molecule has 3 nitrogen and oxygen atoms in total. The third-order valence-corrected chi connectivity index (χ3v) is 2.35. The molecule has 0 aromatic heterocycles. The summed E-state index contributed by atoms with van der Waals surface area (Å²) in [7, 11) is 0. The van der Waals surface area contributed by atoms with Gasteiger partial charge in [0.15, 0.2) is 0 Å². The molecule has 1 unspecified atom stereocenters. The highest BCUT2D eigenvalue weighted by Gasteiger charge is 2.17. The second-order valence-corrected chi connectivity index (χ2v) is 3.07. The molecule has 1 aliphatic rings. The predicted molar refractivity (Wildman–Crippen MR) is 45.4 cm³/mol. The zero-order valence-electron chi connectivity index (χ0n) is 7.21. The third-order valence-electron chi connectivity index (χ3n) is 2.35. The Hall–Kier alpha value is -0.120. The molecule has 0 aliphatic carbocycles. The zero-order chi connectivity index (χ0) is 8.10. The molecule has 1 aliphatic heterocycles. The van der Waals surface area contributed by atoms with Crippen LogP contribution in [0.1, 0.15) is 19.8 Å². The van der Waals surface area contributed by atoms with Gasteiger partial charge in [-0.15, -0.1) is 0 Å². The van der Waals surface area contributed by atoms with Crippen molar-refractivity contribution in [2.45, 2.75) is 25.8 Å². The molecule has 0 spiro atoms. The summed E-state index contributed by atoms with van der Waals surface area (Å²) >= 11 is 0. The van der Waals surface area contributed by atoms with Crippen LogP contribution in [0.25, 0.3) is 0 Å². The van der Waals surface area contributed by atoms with Crippen LogP contribution >= 0.6 is 0 Å². The van der Waals surface area contributed by atoms with Gasteiger partial charge in [0.2, 0.25) is 0 Å². The molecule has 0 saturated carbocycles. The van der Waals surface area contributed by atoms with E-state index in [1.54, 1.807) is 0 Å². The van der Waals surface area contributed by atoms with E-state index in [9.17, 15) is 0 Å². The third kappa shape index (κ3) is 2.43. The summed E-state index contributed by atoms with van der Waals surface area (Å²) in [4.78, 5) is 2.14. The van der Waals surface area contributed by atoms with Crippen molar-refractivity contribution in [1.82, 2.24) is 10.2 Å². The van der Waals surface area contributed by atoms with Gasteiger partial charge < -0.3 is 10.4 Å². The van der Waals surface area contributed by atoms with Crippen LogP contribution in [0.5, 0.6) is 0 Å². The number of aliphatic hydroxyl groups excluding tert-OH is 1. The van der Waals surface area contributed by atoms with Crippen molar-refractivity contribution >= 4 is 0 Å². The maximum atomic E-state index is 9.02. The lowest BCUT2D eigenvalue weighted by Crippen LogP contribution is -2.39. The monoisotopic (exact) mass is 158 g/mol. The quantitative estimate of drug-likeness (QED) is 0.594. The van der Waals surface area contributed by atoms with Crippen LogP contribution in [0.4, 0.5) is 0 Å². The van der Waals surface area contributed by atoms with Gasteiger partial charge in [0.05, 0.1) is 6.73 Å². The van der Waals surface area contributed by atoms with Crippen LogP contribution in [-0.4, -0.2) is 42.4 Å². The lowest BCUT2D eigenvalue weighted by atomic mass is 10.2. The highest BCUT2D eigenvalue weighted by atomic mass is 16.3. The van der Waals surface area contributed by atoms with Gasteiger partial charge in [-0.2, -0.15) is 0 Å². The fraction of sp³-hybridized carbons (Fsp3) is 1.00. The Bertz CT molecular complexity index is 96.3. The van der Waals surface area contributed by atoms with Gasteiger partial charge in [-0.25, -0.2) is 0 Å². The molecule has 0 aromatic carbocycles. The van der Waals surface area contributed by atoms with Crippen LogP contribution in [0, 0.1) is 0 Å². The first-order valence-corrected chi connectivity index (χ1v) is 4.44. The standard InChI is InChI=1S/C8H18N2O/c1-2-8-6-9-4-3-5-10(8)7-11/h8-9,11H,2-7H2,1H3. The normalized spacial score (nSPS) is 28.4. The highest BCUT2D eigenvalue weighted by Crippen LogP contribution is 2.05. The van der Waals surface area contributed by atoms with Gasteiger partial charge in [0.1, 0.15) is 0 Å². The van der Waals surface area contributed by atoms with Gasteiger partial charge in [0.25, 0.3) is 0 Å². The van der Waals surface area contributed by atoms with Crippen LogP contribution in [0.2, 0.25) is 0 Å². The number of nitrogens with one attached hydrogen (secondary N) is 1. The van der Waals surface area contributed by atoms with Crippen LogP contribution in [-0.2, 0) is 0 Å². The second-order valence-electron chi connectivity index (χ2n) is 3.07. The van der Waals surface area contributed by atoms with Crippen molar-refractivity contribution < 1.29 is 5.11 Å². The van der Waals surface area contributed by atoms with Crippen molar-refractivity contribution in [3.05, 3.63) is 0 Å². The first-order chi connectivity index (χ1) is 5.38. The molecule has 3 heteroatoms. The number of aliphatic hydroxyl groups is 1. The van der Waals surface area contributed by atoms with Crippen molar-refractivity contribution in [3.8, 4) is 0 Å². The molecule has 0 amide bonds. The Morgan fingerprint density at radius 1 is 1.64 bits per heavy atom. The van der Waals surface area contributed by atoms with Gasteiger partial charge in [0, 0.05) is 19.1 Å². The predicted octanol–water partition coefficient (Wildman–Crippen LogP) is 0.0101. The zero-order valence-corrected chi connectivity index (χ0v) is 7.21. The fourth-order valence-electron chi connectivity index (χ4n) is 1.58. The molecule has 11 heavy (non-hydrogen) atoms. The van der Waals surface area contributed by atoms with E-state index >= 15 is 0 Å². The molecule has 0 radical (unpaired) electrons. The first kappa shape index (κ1) is 8.97. The Balaban J connectivity index is 2.41. The molecule has 2 N–H and O–H groups in total. The van der Waals surface area contributed by atoms with E-state index in [2.05, 4.69) is 17.1 Å². The Kier molecular flexibility index (Phi) is 3.83. The number of hydrogen-bond donors (Lipinski definition) is 2. The molecule has 1 rings (SSSR count). The Morgan fingerprint density at radius 2 is 2.45 bits per heavy atom. The van der Waals surface area contributed by atoms with Crippen molar-refractivity contribution in [1.29, 1.82) is 0 Å². The largest absolute Gasteiger partial charge is 0.381 e. The molecule has 1 heterocycles. The lowest BCUT2D eigenvalue weighted by molar-refractivity contribution is 0.0728. The SMILES string of the molecule is CCC1CNCCCN1CO. The second kappa shape index (κ2) is 4.70. The summed E-state index contributed by atoms with van der Waals surface area (Å²) in [5, 5.41) is 12.4. The van der Waals surface area contributed by atoms with E-state index < -0.39 is 0 Å². The molecule has 66 valence electrons. The molecule has 1 atom stereocenters. The van der Waals surface area contributed by atoms with Gasteiger partial charge in [-0.3, -0.25) is 4.90 Å². The molecule has 1 saturated heterocycles. The Labute approximate surface area is 68.4 Å². The maximum absolute atomic E-state index is 9.02. The summed E-state index contributed by atoms with van der Waals surface area (Å²) < 4.78 is 0. The molecular weight excluding hydrogens is 140 g/mol. The molecule has 1 fully saturated rings. The topological polar surface area (TPSA) is 35.5 Å². The van der Waals surface area contributed by atoms with E-state index in [4.69, 9.17) is 5.11 Å². The van der Waals surface area contributed by atoms with E-state index in [-0.39, 0.29) is 6.73 Å². The van der Waals surface area contributed by atoms with Crippen molar-refractivity contribution in [3.63, 3.8) is 0 Å². The van der Waals surface area contributed by atoms with E-state index in [1.165, 1.54) is 0 Å². The minimum Gasteiger partial charge on any atom is -0.381 e. The maximum Gasteiger partial charge on any atom is 0.0959 e. The van der Waals surface area contributed by atoms with E-state index in [1.807, 2.05) is 0 Å². The van der Waals surface area contributed by atoms with Crippen LogP contribution in [0.15, 0.2) is 0 Å². The molecule has 0 bridgehead atoms. The summed E-state index contributed by atoms with van der Waals surface area (Å²) in [5.74, 6) is 0. The average molecular weight is 158 g/mol. The van der Waals surface area contributed by atoms with Gasteiger partial charge >= 0.3 is 0 Å². The summed E-state index contributed by atoms with van der Waals surface area (Å²) in [6.07, 6.45) is 2.27. The Morgan fingerprint density at radius 3 is 3.09 bits per heavy atom. The van der Waals surface area contributed by atoms with Gasteiger partial charge in [-0.1, -0.05) is 6.92 Å². The van der Waals surface area contributed by atoms with Crippen LogP contribution < -0.4 is 5.32 Å². The summed E-state index contributed by atoms with van der Waals surface area (Å²) in [5.41, 5.74) is 0. The highest BCUT2D eigenvalue weighted by molar-refractivity contribution is 4.74. The molecule has 0 aromatic rings. The average Bonchev–Trinajstić information content (AvgIpc) is 2.27. The summed E-state index contributed by atoms with van der Waals surface area (Å²) in [6.45, 7) is 5.52.